The molecular formula is C9H4ClN5O2S. The molecule has 0 aromatic carbocycles. The number of aromatic nitrogens is 5. The lowest BCUT2D eigenvalue weighted by molar-refractivity contribution is 0.0696. The minimum absolute atomic E-state index is 0.0525. The van der Waals surface area contributed by atoms with Crippen molar-refractivity contribution in [2.75, 3.05) is 0 Å². The van der Waals surface area contributed by atoms with Crippen LogP contribution in [0.15, 0.2) is 17.6 Å². The number of pyridine rings is 1. The second-order valence-electron chi connectivity index (χ2n) is 3.39. The van der Waals surface area contributed by atoms with Crippen LogP contribution in [0.2, 0.25) is 5.02 Å². The van der Waals surface area contributed by atoms with Gasteiger partial charge in [0, 0.05) is 11.6 Å². The van der Waals surface area contributed by atoms with Crippen LogP contribution in [0.25, 0.3) is 17.2 Å². The van der Waals surface area contributed by atoms with Gasteiger partial charge in [0.15, 0.2) is 11.5 Å². The third-order valence-corrected chi connectivity index (χ3v) is 3.08. The molecule has 0 fully saturated rings. The maximum atomic E-state index is 11.0. The fraction of sp³-hybridized carbons (Fsp3) is 0. The predicted molar refractivity (Wildman–Crippen MR) is 63.9 cm³/mol. The van der Waals surface area contributed by atoms with Gasteiger partial charge in [-0.25, -0.2) is 4.79 Å². The Bertz CT molecular complexity index is 739. The standard InChI is InChI=1S/C9H4ClN5O2S/c10-5-1-4(9(16)17)2-15-7(5)12-13-8(15)6-3-18-14-11-6/h1-3H,(H,16,17). The van der Waals surface area contributed by atoms with Crippen molar-refractivity contribution in [3.05, 3.63) is 28.2 Å². The second-order valence-corrected chi connectivity index (χ2v) is 4.41. The number of hydrogen-bond acceptors (Lipinski definition) is 6. The van der Waals surface area contributed by atoms with Crippen LogP contribution in [0.4, 0.5) is 0 Å². The van der Waals surface area contributed by atoms with Crippen LogP contribution in [0, 0.1) is 0 Å². The first-order valence-corrected chi connectivity index (χ1v) is 5.93. The van der Waals surface area contributed by atoms with Crippen LogP contribution in [0.1, 0.15) is 10.4 Å². The van der Waals surface area contributed by atoms with Crippen LogP contribution in [0.5, 0.6) is 0 Å². The summed E-state index contributed by atoms with van der Waals surface area (Å²) >= 11 is 7.13. The van der Waals surface area contributed by atoms with Gasteiger partial charge in [0.25, 0.3) is 0 Å². The van der Waals surface area contributed by atoms with Crippen LogP contribution in [0.3, 0.4) is 0 Å². The van der Waals surface area contributed by atoms with E-state index in [2.05, 4.69) is 19.8 Å². The van der Waals surface area contributed by atoms with E-state index in [0.29, 0.717) is 17.2 Å². The molecule has 7 nitrogen and oxygen atoms in total. The summed E-state index contributed by atoms with van der Waals surface area (Å²) in [7, 11) is 0. The van der Waals surface area contributed by atoms with E-state index < -0.39 is 5.97 Å². The van der Waals surface area contributed by atoms with Gasteiger partial charge in [-0.3, -0.25) is 4.40 Å². The highest BCUT2D eigenvalue weighted by Crippen LogP contribution is 2.23. The fourth-order valence-electron chi connectivity index (χ4n) is 1.51. The molecule has 90 valence electrons. The zero-order valence-electron chi connectivity index (χ0n) is 8.61. The monoisotopic (exact) mass is 281 g/mol. The van der Waals surface area contributed by atoms with Crippen molar-refractivity contribution in [3.8, 4) is 11.5 Å². The van der Waals surface area contributed by atoms with Gasteiger partial charge in [-0.05, 0) is 17.6 Å². The van der Waals surface area contributed by atoms with Crippen molar-refractivity contribution < 1.29 is 9.90 Å². The summed E-state index contributed by atoms with van der Waals surface area (Å²) in [5.74, 6) is -0.668. The first kappa shape index (κ1) is 11.1. The molecule has 18 heavy (non-hydrogen) atoms. The summed E-state index contributed by atoms with van der Waals surface area (Å²) in [4.78, 5) is 11.0. The largest absolute Gasteiger partial charge is 0.478 e. The topological polar surface area (TPSA) is 93.3 Å². The zero-order chi connectivity index (χ0) is 12.7. The molecule has 0 aliphatic heterocycles. The van der Waals surface area contributed by atoms with Crippen LogP contribution in [-0.2, 0) is 0 Å². The van der Waals surface area contributed by atoms with E-state index >= 15 is 0 Å². The normalized spacial score (nSPS) is 10.9. The van der Waals surface area contributed by atoms with Gasteiger partial charge in [-0.15, -0.1) is 15.3 Å². The maximum Gasteiger partial charge on any atom is 0.337 e. The highest BCUT2D eigenvalue weighted by atomic mass is 35.5. The molecule has 0 amide bonds. The van der Waals surface area contributed by atoms with Gasteiger partial charge < -0.3 is 5.11 Å². The summed E-state index contributed by atoms with van der Waals surface area (Å²) in [6.07, 6.45) is 1.40. The van der Waals surface area contributed by atoms with Gasteiger partial charge in [-0.2, -0.15) is 0 Å². The number of carboxylic acids is 1. The summed E-state index contributed by atoms with van der Waals surface area (Å²) in [5, 5.41) is 22.6. The maximum absolute atomic E-state index is 11.0. The van der Waals surface area contributed by atoms with Crippen molar-refractivity contribution in [1.29, 1.82) is 0 Å². The lowest BCUT2D eigenvalue weighted by atomic mass is 10.3. The number of carboxylic acid groups (broad SMARTS) is 1. The summed E-state index contributed by atoms with van der Waals surface area (Å²) in [5.41, 5.74) is 0.951. The van der Waals surface area contributed by atoms with E-state index in [4.69, 9.17) is 16.7 Å². The van der Waals surface area contributed by atoms with Crippen LogP contribution < -0.4 is 0 Å². The highest BCUT2D eigenvalue weighted by molar-refractivity contribution is 7.03. The Morgan fingerprint density at radius 3 is 2.89 bits per heavy atom. The van der Waals surface area contributed by atoms with Gasteiger partial charge in [0.2, 0.25) is 0 Å². The van der Waals surface area contributed by atoms with Crippen LogP contribution in [-0.4, -0.2) is 35.3 Å². The van der Waals surface area contributed by atoms with Crippen molar-refractivity contribution in [3.63, 3.8) is 0 Å². The Hall–Kier alpha value is -2.06. The smallest absolute Gasteiger partial charge is 0.337 e. The molecule has 0 saturated heterocycles. The number of carbonyl (C=O) groups is 1. The van der Waals surface area contributed by atoms with E-state index in [-0.39, 0.29) is 10.6 Å². The highest BCUT2D eigenvalue weighted by Gasteiger charge is 2.15. The summed E-state index contributed by atoms with van der Waals surface area (Å²) in [6.45, 7) is 0. The molecule has 1 N–H and O–H groups in total. The number of fused-ring (bicyclic) bond motifs is 1. The fourth-order valence-corrected chi connectivity index (χ4v) is 2.19. The SMILES string of the molecule is O=C(O)c1cc(Cl)c2nnc(-c3csnn3)n2c1. The number of hydrogen-bond donors (Lipinski definition) is 1. The minimum atomic E-state index is -1.07. The van der Waals surface area contributed by atoms with Gasteiger partial charge >= 0.3 is 5.97 Å². The molecule has 0 aliphatic carbocycles. The summed E-state index contributed by atoms with van der Waals surface area (Å²) < 4.78 is 5.21. The van der Waals surface area contributed by atoms with Gasteiger partial charge in [0.05, 0.1) is 10.6 Å². The van der Waals surface area contributed by atoms with E-state index in [9.17, 15) is 4.79 Å². The number of nitrogens with zero attached hydrogens (tertiary/aromatic N) is 5. The molecule has 0 unspecified atom stereocenters. The Balaban J connectivity index is 2.32. The molecule has 0 radical (unpaired) electrons. The molecule has 3 aromatic heterocycles. The van der Waals surface area contributed by atoms with E-state index in [1.165, 1.54) is 28.2 Å². The second kappa shape index (κ2) is 4.00. The molecule has 0 bridgehead atoms. The van der Waals surface area contributed by atoms with E-state index in [0.717, 1.165) is 0 Å². The number of rotatable bonds is 2. The van der Waals surface area contributed by atoms with Gasteiger partial charge in [-0.1, -0.05) is 16.1 Å². The average Bonchev–Trinajstić information content (AvgIpc) is 2.96. The van der Waals surface area contributed by atoms with Crippen molar-refractivity contribution in [2.45, 2.75) is 0 Å². The quantitative estimate of drug-likeness (QED) is 0.767. The third-order valence-electron chi connectivity index (χ3n) is 2.30. The number of halogens is 1. The molecule has 9 heteroatoms. The zero-order valence-corrected chi connectivity index (χ0v) is 10.2. The first-order chi connectivity index (χ1) is 8.66. The van der Waals surface area contributed by atoms with E-state index in [1.807, 2.05) is 0 Å². The van der Waals surface area contributed by atoms with Crippen molar-refractivity contribution >= 4 is 34.7 Å². The molecule has 3 rings (SSSR count). The lowest BCUT2D eigenvalue weighted by Gasteiger charge is -2.00. The van der Waals surface area contributed by atoms with Gasteiger partial charge in [0.1, 0.15) is 5.69 Å². The Morgan fingerprint density at radius 2 is 2.22 bits per heavy atom. The van der Waals surface area contributed by atoms with Crippen LogP contribution >= 0.6 is 23.1 Å². The molecule has 3 heterocycles. The molecule has 0 aliphatic rings. The predicted octanol–water partition coefficient (Wildman–Crippen LogP) is 1.60. The average molecular weight is 282 g/mol. The molecule has 0 atom stereocenters. The Labute approximate surface area is 109 Å². The Morgan fingerprint density at radius 1 is 1.39 bits per heavy atom. The Kier molecular flexibility index (Phi) is 2.46. The first-order valence-electron chi connectivity index (χ1n) is 4.72. The van der Waals surface area contributed by atoms with Crippen molar-refractivity contribution in [1.82, 2.24) is 24.2 Å². The summed E-state index contributed by atoms with van der Waals surface area (Å²) in [6, 6.07) is 1.33. The minimum Gasteiger partial charge on any atom is -0.478 e. The van der Waals surface area contributed by atoms with E-state index in [1.54, 1.807) is 5.38 Å². The number of aromatic carboxylic acids is 1. The molecule has 3 aromatic rings. The van der Waals surface area contributed by atoms with Crippen molar-refractivity contribution in [2.24, 2.45) is 0 Å². The third kappa shape index (κ3) is 1.62. The molecule has 0 saturated carbocycles. The lowest BCUT2D eigenvalue weighted by Crippen LogP contribution is -2.00. The molecular weight excluding hydrogens is 278 g/mol. The molecule has 0 spiro atoms.